The fourth-order valence-corrected chi connectivity index (χ4v) is 5.47. The first-order chi connectivity index (χ1) is 19.2. The molecule has 42 heavy (non-hydrogen) atoms. The summed E-state index contributed by atoms with van der Waals surface area (Å²) in [5.41, 5.74) is -5.36. The van der Waals surface area contributed by atoms with Crippen LogP contribution in [0.1, 0.15) is 39.2 Å². The van der Waals surface area contributed by atoms with Gasteiger partial charge in [-0.3, -0.25) is 14.4 Å². The third-order valence-corrected chi connectivity index (χ3v) is 8.16. The maximum atomic E-state index is 13.9. The summed E-state index contributed by atoms with van der Waals surface area (Å²) in [6.07, 6.45) is -12.9. The number of benzene rings is 2. The minimum Gasteiger partial charge on any atom is -0.486 e. The van der Waals surface area contributed by atoms with Crippen molar-refractivity contribution in [3.63, 3.8) is 0 Å². The molecule has 17 heteroatoms. The summed E-state index contributed by atoms with van der Waals surface area (Å²) in [7, 11) is -4.92. The number of amides is 1. The van der Waals surface area contributed by atoms with Crippen LogP contribution in [0.15, 0.2) is 41.3 Å². The third-order valence-electron chi connectivity index (χ3n) is 6.39. The number of alkyl halides is 6. The molecule has 1 aliphatic heterocycles. The molecule has 0 bridgehead atoms. The quantitative estimate of drug-likeness (QED) is 0.334. The van der Waals surface area contributed by atoms with E-state index in [0.29, 0.717) is 30.3 Å². The number of halogens is 7. The molecule has 232 valence electrons. The predicted octanol–water partition coefficient (Wildman–Crippen LogP) is 6.19. The van der Waals surface area contributed by atoms with Crippen molar-refractivity contribution in [2.45, 2.75) is 62.6 Å². The van der Waals surface area contributed by atoms with E-state index in [1.165, 1.54) is 0 Å². The minimum absolute atomic E-state index is 0.0968. The van der Waals surface area contributed by atoms with E-state index in [0.717, 1.165) is 18.2 Å². The number of nitrogens with one attached hydrogen (secondary N) is 1. The van der Waals surface area contributed by atoms with E-state index in [-0.39, 0.29) is 36.0 Å². The van der Waals surface area contributed by atoms with Crippen molar-refractivity contribution in [2.24, 2.45) is 5.92 Å². The molecule has 0 aliphatic carbocycles. The van der Waals surface area contributed by atoms with Gasteiger partial charge in [0.25, 0.3) is 10.0 Å². The van der Waals surface area contributed by atoms with E-state index in [4.69, 9.17) is 4.74 Å². The van der Waals surface area contributed by atoms with Gasteiger partial charge in [-0.2, -0.15) is 26.3 Å². The molecule has 1 amide bonds. The summed E-state index contributed by atoms with van der Waals surface area (Å²) < 4.78 is 131. The maximum Gasteiger partial charge on any atom is 0.427 e. The van der Waals surface area contributed by atoms with Crippen LogP contribution in [0.3, 0.4) is 0 Å². The maximum absolute atomic E-state index is 13.9. The van der Waals surface area contributed by atoms with Crippen molar-refractivity contribution in [3.8, 4) is 5.75 Å². The predicted molar refractivity (Wildman–Crippen MR) is 133 cm³/mol. The number of anilines is 2. The molecule has 1 aliphatic rings. The molecule has 2 aromatic carbocycles. The summed E-state index contributed by atoms with van der Waals surface area (Å²) in [5.74, 6) is -4.09. The first kappa shape index (κ1) is 32.8. The van der Waals surface area contributed by atoms with Gasteiger partial charge >= 0.3 is 24.4 Å². The highest BCUT2D eigenvalue weighted by Crippen LogP contribution is 2.41. The number of fused-ring (bicyclic) bond motifs is 1. The molecule has 0 spiro atoms. The number of carbonyl (C=O) groups excluding carboxylic acids is 1. The summed E-state index contributed by atoms with van der Waals surface area (Å²) in [5, 5.41) is 11.5. The fourth-order valence-electron chi connectivity index (χ4n) is 3.94. The Kier molecular flexibility index (Phi) is 8.96. The summed E-state index contributed by atoms with van der Waals surface area (Å²) in [4.78, 5) is 22.8. The molecule has 0 fully saturated rings. The number of rotatable bonds is 8. The lowest BCUT2D eigenvalue weighted by Crippen LogP contribution is -2.45. The zero-order chi connectivity index (χ0) is 31.8. The van der Waals surface area contributed by atoms with E-state index in [1.54, 1.807) is 6.92 Å². The number of carboxylic acid groups (broad SMARTS) is 1. The topological polar surface area (TPSA) is 122 Å². The normalized spacial score (nSPS) is 16.7. The summed E-state index contributed by atoms with van der Waals surface area (Å²) in [6, 6.07) is 4.24. The zero-order valence-electron chi connectivity index (χ0n) is 22.1. The van der Waals surface area contributed by atoms with Crippen LogP contribution < -0.4 is 14.4 Å². The molecule has 0 unspecified atom stereocenters. The second-order valence-electron chi connectivity index (χ2n) is 9.80. The van der Waals surface area contributed by atoms with Crippen molar-refractivity contribution in [3.05, 3.63) is 47.8 Å². The molecule has 9 nitrogen and oxygen atoms in total. The number of hydrogen-bond donors (Lipinski definition) is 2. The smallest absolute Gasteiger partial charge is 0.427 e. The number of hydrogen-bond acceptors (Lipinski definition) is 6. The second kappa shape index (κ2) is 11.5. The van der Waals surface area contributed by atoms with Crippen LogP contribution in [0.25, 0.3) is 0 Å². The molecule has 0 radical (unpaired) electrons. The summed E-state index contributed by atoms with van der Waals surface area (Å²) >= 11 is 0. The van der Waals surface area contributed by atoms with Crippen molar-refractivity contribution in [2.75, 3.05) is 16.2 Å². The number of carboxylic acids is 1. The number of nitrogens with zero attached hydrogens (tertiary/aromatic N) is 1. The van der Waals surface area contributed by atoms with Gasteiger partial charge in [0.05, 0.1) is 28.6 Å². The number of aliphatic carboxylic acids is 1. The highest BCUT2D eigenvalue weighted by molar-refractivity contribution is 7.92. The van der Waals surface area contributed by atoms with Crippen molar-refractivity contribution >= 4 is 33.5 Å². The Balaban J connectivity index is 2.06. The van der Waals surface area contributed by atoms with E-state index in [1.807, 2.05) is 5.32 Å². The molecule has 2 N–H and O–H groups in total. The van der Waals surface area contributed by atoms with Crippen LogP contribution in [0.2, 0.25) is 0 Å². The molecular formula is C25H25F7N2O7S. The lowest BCUT2D eigenvalue weighted by atomic mass is 9.98. The number of ether oxygens (including phenoxy) is 2. The second-order valence-corrected chi connectivity index (χ2v) is 11.7. The van der Waals surface area contributed by atoms with Crippen LogP contribution >= 0.6 is 0 Å². The third kappa shape index (κ3) is 6.99. The van der Waals surface area contributed by atoms with E-state index < -0.39 is 74.9 Å². The first-order valence-electron chi connectivity index (χ1n) is 12.2. The van der Waals surface area contributed by atoms with Gasteiger partial charge in [-0.1, -0.05) is 6.92 Å². The van der Waals surface area contributed by atoms with Crippen LogP contribution in [0.4, 0.5) is 46.9 Å². The molecule has 0 saturated carbocycles. The highest BCUT2D eigenvalue weighted by atomic mass is 32.2. The molecule has 2 atom stereocenters. The Hall–Kier alpha value is -3.76. The largest absolute Gasteiger partial charge is 0.486 e. The average Bonchev–Trinajstić information content (AvgIpc) is 2.85. The van der Waals surface area contributed by atoms with Gasteiger partial charge in [-0.05, 0) is 63.1 Å². The molecule has 0 saturated heterocycles. The Morgan fingerprint density at radius 3 is 2.31 bits per heavy atom. The number of sulfonamides is 1. The van der Waals surface area contributed by atoms with Gasteiger partial charge in [0.1, 0.15) is 17.7 Å². The zero-order valence-corrected chi connectivity index (χ0v) is 23.0. The Labute approximate surface area is 235 Å². The van der Waals surface area contributed by atoms with Gasteiger partial charge in [-0.25, -0.2) is 17.6 Å². The lowest BCUT2D eigenvalue weighted by Gasteiger charge is -2.36. The SMILES string of the molecule is CC[C@H](C[C@H]1CN(S(=O)(=O)c2ccc(F)c(C(F)(F)F)c2)c2cc(NC(=O)OC(C)(C)C(F)(F)F)ccc2O1)C(=O)O. The fraction of sp³-hybridized carbons (Fsp3) is 0.440. The van der Waals surface area contributed by atoms with Crippen molar-refractivity contribution in [1.29, 1.82) is 0 Å². The number of carbonyl (C=O) groups is 2. The van der Waals surface area contributed by atoms with Gasteiger partial charge in [-0.15, -0.1) is 0 Å². The van der Waals surface area contributed by atoms with E-state index in [9.17, 15) is 53.8 Å². The van der Waals surface area contributed by atoms with Crippen LogP contribution in [-0.2, 0) is 25.7 Å². The van der Waals surface area contributed by atoms with Crippen molar-refractivity contribution in [1.82, 2.24) is 0 Å². The molecular weight excluding hydrogens is 605 g/mol. The van der Waals surface area contributed by atoms with Crippen LogP contribution in [0, 0.1) is 11.7 Å². The minimum atomic E-state index is -5.24. The average molecular weight is 631 g/mol. The lowest BCUT2D eigenvalue weighted by molar-refractivity contribution is -0.242. The summed E-state index contributed by atoms with van der Waals surface area (Å²) in [6.45, 7) is 2.16. The monoisotopic (exact) mass is 630 g/mol. The first-order valence-corrected chi connectivity index (χ1v) is 13.6. The molecule has 2 aromatic rings. The van der Waals surface area contributed by atoms with Crippen molar-refractivity contribution < 1.29 is 63.3 Å². The highest BCUT2D eigenvalue weighted by Gasteiger charge is 2.51. The Bertz CT molecular complexity index is 1460. The Morgan fingerprint density at radius 2 is 1.76 bits per heavy atom. The van der Waals surface area contributed by atoms with Crippen LogP contribution in [-0.4, -0.2) is 50.0 Å². The van der Waals surface area contributed by atoms with Gasteiger partial charge in [0.2, 0.25) is 5.60 Å². The van der Waals surface area contributed by atoms with Gasteiger partial charge in [0.15, 0.2) is 0 Å². The van der Waals surface area contributed by atoms with E-state index >= 15 is 0 Å². The van der Waals surface area contributed by atoms with Gasteiger partial charge < -0.3 is 14.6 Å². The molecule has 3 rings (SSSR count). The molecule has 1 heterocycles. The van der Waals surface area contributed by atoms with Crippen LogP contribution in [0.5, 0.6) is 5.75 Å². The molecule has 0 aromatic heterocycles. The van der Waals surface area contributed by atoms with Gasteiger partial charge in [0, 0.05) is 5.69 Å². The standard InChI is InChI=1S/C25H25F7N2O7S/c1-4-13(21(35)36)9-15-12-34(42(38,39)16-6-7-18(26)17(11-16)24(27,28)29)19-10-14(5-8-20(19)40-15)33-22(37)41-23(2,3)25(30,31)32/h5-8,10-11,13,15H,4,9,12H2,1-3H3,(H,33,37)(H,35,36)/t13-,15+/m1/s1. The Morgan fingerprint density at radius 1 is 1.12 bits per heavy atom. The van der Waals surface area contributed by atoms with E-state index in [2.05, 4.69) is 4.74 Å².